The molecule has 16 heavy (non-hydrogen) atoms. The standard InChI is InChI=1S/C13H22N2S/c1-13(6-3-2-4-7-13)12(15-14)9-11-5-8-16-10-11/h5,8,10,12,15H,2-4,6-7,9,14H2,1H3. The fourth-order valence-electron chi connectivity index (χ4n) is 2.86. The molecule has 1 aliphatic rings. The van der Waals surface area contributed by atoms with Crippen LogP contribution in [0.3, 0.4) is 0 Å². The Balaban J connectivity index is 2.03. The molecule has 0 radical (unpaired) electrons. The monoisotopic (exact) mass is 238 g/mol. The maximum atomic E-state index is 5.76. The van der Waals surface area contributed by atoms with Gasteiger partial charge in [-0.3, -0.25) is 11.3 Å². The van der Waals surface area contributed by atoms with E-state index in [2.05, 4.69) is 29.2 Å². The molecule has 90 valence electrons. The summed E-state index contributed by atoms with van der Waals surface area (Å²) in [6.07, 6.45) is 7.80. The van der Waals surface area contributed by atoms with Gasteiger partial charge in [-0.05, 0) is 47.1 Å². The molecule has 2 nitrogen and oxygen atoms in total. The van der Waals surface area contributed by atoms with Crippen molar-refractivity contribution in [3.63, 3.8) is 0 Å². The molecule has 1 atom stereocenters. The number of hydrogen-bond acceptors (Lipinski definition) is 3. The Hall–Kier alpha value is -0.380. The lowest BCUT2D eigenvalue weighted by atomic mass is 9.69. The Morgan fingerprint density at radius 2 is 2.19 bits per heavy atom. The van der Waals surface area contributed by atoms with Gasteiger partial charge >= 0.3 is 0 Å². The predicted octanol–water partition coefficient (Wildman–Crippen LogP) is 3.09. The smallest absolute Gasteiger partial charge is 0.0304 e. The summed E-state index contributed by atoms with van der Waals surface area (Å²) in [5, 5.41) is 4.38. The third-order valence-electron chi connectivity index (χ3n) is 4.06. The summed E-state index contributed by atoms with van der Waals surface area (Å²) in [5.74, 6) is 5.76. The molecule has 1 heterocycles. The molecule has 1 aliphatic carbocycles. The molecular formula is C13H22N2S. The van der Waals surface area contributed by atoms with Crippen molar-refractivity contribution >= 4 is 11.3 Å². The molecular weight excluding hydrogens is 216 g/mol. The highest BCUT2D eigenvalue weighted by Gasteiger charge is 2.34. The van der Waals surface area contributed by atoms with E-state index in [4.69, 9.17) is 5.84 Å². The van der Waals surface area contributed by atoms with Crippen LogP contribution in [0.1, 0.15) is 44.6 Å². The first kappa shape index (κ1) is 12.1. The zero-order chi connectivity index (χ0) is 11.4. The van der Waals surface area contributed by atoms with Gasteiger partial charge in [0.25, 0.3) is 0 Å². The van der Waals surface area contributed by atoms with Crippen molar-refractivity contribution in [2.75, 3.05) is 0 Å². The van der Waals surface area contributed by atoms with E-state index in [0.717, 1.165) is 6.42 Å². The minimum absolute atomic E-state index is 0.384. The van der Waals surface area contributed by atoms with Crippen LogP contribution >= 0.6 is 11.3 Å². The van der Waals surface area contributed by atoms with Crippen LogP contribution < -0.4 is 11.3 Å². The molecule has 0 aliphatic heterocycles. The van der Waals surface area contributed by atoms with E-state index in [9.17, 15) is 0 Å². The highest BCUT2D eigenvalue weighted by Crippen LogP contribution is 2.39. The number of nitrogens with two attached hydrogens (primary N) is 1. The van der Waals surface area contributed by atoms with Crippen molar-refractivity contribution in [3.8, 4) is 0 Å². The van der Waals surface area contributed by atoms with Crippen LogP contribution in [0.5, 0.6) is 0 Å². The SMILES string of the molecule is CC1(C(Cc2ccsc2)NN)CCCCC1. The molecule has 1 aromatic rings. The van der Waals surface area contributed by atoms with Crippen LogP contribution in [0.4, 0.5) is 0 Å². The second kappa shape index (κ2) is 5.30. The van der Waals surface area contributed by atoms with Gasteiger partial charge in [0, 0.05) is 6.04 Å². The number of thiophene rings is 1. The maximum Gasteiger partial charge on any atom is 0.0304 e. The fraction of sp³-hybridized carbons (Fsp3) is 0.692. The Labute approximate surface area is 102 Å². The molecule has 2 rings (SSSR count). The lowest BCUT2D eigenvalue weighted by molar-refractivity contribution is 0.144. The van der Waals surface area contributed by atoms with Gasteiger partial charge in [0.2, 0.25) is 0 Å². The zero-order valence-electron chi connectivity index (χ0n) is 10.0. The first-order valence-corrected chi connectivity index (χ1v) is 7.16. The van der Waals surface area contributed by atoms with Gasteiger partial charge in [0.1, 0.15) is 0 Å². The van der Waals surface area contributed by atoms with Crippen LogP contribution in [-0.4, -0.2) is 6.04 Å². The molecule has 3 heteroatoms. The van der Waals surface area contributed by atoms with Crippen molar-refractivity contribution in [1.29, 1.82) is 0 Å². The third-order valence-corrected chi connectivity index (χ3v) is 4.79. The van der Waals surface area contributed by atoms with Gasteiger partial charge in [-0.2, -0.15) is 11.3 Å². The minimum Gasteiger partial charge on any atom is -0.271 e. The minimum atomic E-state index is 0.384. The largest absolute Gasteiger partial charge is 0.271 e. The second-order valence-electron chi connectivity index (χ2n) is 5.27. The van der Waals surface area contributed by atoms with Gasteiger partial charge in [-0.25, -0.2) is 0 Å². The topological polar surface area (TPSA) is 38.0 Å². The third kappa shape index (κ3) is 2.65. The Bertz CT molecular complexity index is 302. The average Bonchev–Trinajstić information content (AvgIpc) is 2.79. The highest BCUT2D eigenvalue weighted by atomic mass is 32.1. The molecule has 3 N–H and O–H groups in total. The van der Waals surface area contributed by atoms with E-state index in [1.807, 2.05) is 0 Å². The lowest BCUT2D eigenvalue weighted by Crippen LogP contribution is -2.49. The summed E-state index contributed by atoms with van der Waals surface area (Å²) in [5.41, 5.74) is 4.86. The Kier molecular flexibility index (Phi) is 4.00. The summed E-state index contributed by atoms with van der Waals surface area (Å²) in [6.45, 7) is 2.39. The van der Waals surface area contributed by atoms with E-state index >= 15 is 0 Å². The van der Waals surface area contributed by atoms with E-state index in [1.54, 1.807) is 11.3 Å². The number of rotatable bonds is 4. The van der Waals surface area contributed by atoms with Crippen molar-refractivity contribution in [1.82, 2.24) is 5.43 Å². The van der Waals surface area contributed by atoms with Crippen LogP contribution in [-0.2, 0) is 6.42 Å². The van der Waals surface area contributed by atoms with E-state index in [1.165, 1.54) is 37.7 Å². The number of hydrogen-bond donors (Lipinski definition) is 2. The zero-order valence-corrected chi connectivity index (χ0v) is 10.9. The van der Waals surface area contributed by atoms with Crippen molar-refractivity contribution < 1.29 is 0 Å². The lowest BCUT2D eigenvalue weighted by Gasteiger charge is -2.40. The van der Waals surface area contributed by atoms with E-state index < -0.39 is 0 Å². The molecule has 1 unspecified atom stereocenters. The highest BCUT2D eigenvalue weighted by molar-refractivity contribution is 7.07. The summed E-state index contributed by atoms with van der Waals surface area (Å²) in [4.78, 5) is 0. The molecule has 0 saturated heterocycles. The van der Waals surface area contributed by atoms with Crippen LogP contribution in [0.2, 0.25) is 0 Å². The first-order chi connectivity index (χ1) is 7.74. The van der Waals surface area contributed by atoms with Gasteiger partial charge in [-0.1, -0.05) is 26.2 Å². The van der Waals surface area contributed by atoms with Crippen LogP contribution in [0.25, 0.3) is 0 Å². The molecule has 0 amide bonds. The van der Waals surface area contributed by atoms with Crippen LogP contribution in [0, 0.1) is 5.41 Å². The second-order valence-corrected chi connectivity index (χ2v) is 6.05. The normalized spacial score (nSPS) is 21.9. The fourth-order valence-corrected chi connectivity index (χ4v) is 3.54. The van der Waals surface area contributed by atoms with Crippen LogP contribution in [0.15, 0.2) is 16.8 Å². The molecule has 0 spiro atoms. The first-order valence-electron chi connectivity index (χ1n) is 6.22. The average molecular weight is 238 g/mol. The quantitative estimate of drug-likeness (QED) is 0.625. The van der Waals surface area contributed by atoms with Crippen molar-refractivity contribution in [2.45, 2.75) is 51.5 Å². The van der Waals surface area contributed by atoms with E-state index in [0.29, 0.717) is 11.5 Å². The van der Waals surface area contributed by atoms with Gasteiger partial charge in [0.05, 0.1) is 0 Å². The van der Waals surface area contributed by atoms with Crippen molar-refractivity contribution in [2.24, 2.45) is 11.3 Å². The van der Waals surface area contributed by atoms with E-state index in [-0.39, 0.29) is 0 Å². The number of hydrazine groups is 1. The summed E-state index contributed by atoms with van der Waals surface area (Å²) >= 11 is 1.77. The molecule has 0 bridgehead atoms. The van der Waals surface area contributed by atoms with Gasteiger partial charge in [0.15, 0.2) is 0 Å². The molecule has 1 fully saturated rings. The van der Waals surface area contributed by atoms with Crippen molar-refractivity contribution in [3.05, 3.63) is 22.4 Å². The summed E-state index contributed by atoms with van der Waals surface area (Å²) in [6, 6.07) is 2.63. The summed E-state index contributed by atoms with van der Waals surface area (Å²) in [7, 11) is 0. The molecule has 0 aromatic carbocycles. The summed E-state index contributed by atoms with van der Waals surface area (Å²) < 4.78 is 0. The Morgan fingerprint density at radius 3 is 2.75 bits per heavy atom. The Morgan fingerprint density at radius 1 is 1.44 bits per heavy atom. The molecule has 1 aromatic heterocycles. The van der Waals surface area contributed by atoms with Gasteiger partial charge in [-0.15, -0.1) is 0 Å². The molecule has 1 saturated carbocycles. The predicted molar refractivity (Wildman–Crippen MR) is 70.3 cm³/mol. The van der Waals surface area contributed by atoms with Gasteiger partial charge < -0.3 is 0 Å². The number of nitrogens with one attached hydrogen (secondary N) is 1. The maximum absolute atomic E-state index is 5.76.